The zero-order chi connectivity index (χ0) is 14.8. The number of nitriles is 1. The standard InChI is InChI=1S/C15H18FN3O2/c1-20-14-5-10(4-13(16)12(14)6-17)15-8-19-3-2-18-7-11(19)9-21-15/h4-5,11,15,18H,2-3,7-9H2,1H3/t11-,15-/m1/s1. The molecule has 0 bridgehead atoms. The fourth-order valence-corrected chi connectivity index (χ4v) is 2.96. The third-order valence-electron chi connectivity index (χ3n) is 4.14. The van der Waals surface area contributed by atoms with Gasteiger partial charge >= 0.3 is 0 Å². The van der Waals surface area contributed by atoms with Crippen LogP contribution in [-0.2, 0) is 4.74 Å². The Hall–Kier alpha value is -1.68. The molecule has 6 heteroatoms. The molecule has 2 atom stereocenters. The molecule has 1 aromatic rings. The third-order valence-corrected chi connectivity index (χ3v) is 4.14. The molecule has 0 radical (unpaired) electrons. The Bertz CT molecular complexity index is 573. The Morgan fingerprint density at radius 1 is 1.52 bits per heavy atom. The zero-order valence-electron chi connectivity index (χ0n) is 11.9. The summed E-state index contributed by atoms with van der Waals surface area (Å²) in [7, 11) is 1.44. The molecule has 2 aliphatic heterocycles. The van der Waals surface area contributed by atoms with Crippen LogP contribution in [0.25, 0.3) is 0 Å². The maximum Gasteiger partial charge on any atom is 0.145 e. The number of nitrogens with one attached hydrogen (secondary N) is 1. The van der Waals surface area contributed by atoms with Crippen LogP contribution in [0.1, 0.15) is 17.2 Å². The number of piperazine rings is 1. The Morgan fingerprint density at radius 2 is 2.38 bits per heavy atom. The number of benzene rings is 1. The van der Waals surface area contributed by atoms with Gasteiger partial charge in [-0.3, -0.25) is 4.90 Å². The lowest BCUT2D eigenvalue weighted by Crippen LogP contribution is -2.57. The van der Waals surface area contributed by atoms with E-state index in [9.17, 15) is 4.39 Å². The SMILES string of the molecule is COc1cc([C@H]2CN3CCNC[C@@H]3CO2)cc(F)c1C#N. The minimum atomic E-state index is -0.558. The van der Waals surface area contributed by atoms with Crippen LogP contribution in [0.3, 0.4) is 0 Å². The highest BCUT2D eigenvalue weighted by atomic mass is 19.1. The number of rotatable bonds is 2. The van der Waals surface area contributed by atoms with Gasteiger partial charge in [-0.05, 0) is 17.7 Å². The minimum absolute atomic E-state index is 0.0582. The van der Waals surface area contributed by atoms with Gasteiger partial charge in [0.1, 0.15) is 23.2 Å². The highest BCUT2D eigenvalue weighted by Gasteiger charge is 2.32. The van der Waals surface area contributed by atoms with Crippen LogP contribution < -0.4 is 10.1 Å². The van der Waals surface area contributed by atoms with Crippen molar-refractivity contribution >= 4 is 0 Å². The zero-order valence-corrected chi connectivity index (χ0v) is 11.9. The van der Waals surface area contributed by atoms with Gasteiger partial charge in [0.2, 0.25) is 0 Å². The Balaban J connectivity index is 1.84. The Kier molecular flexibility index (Phi) is 4.06. The third kappa shape index (κ3) is 2.72. The van der Waals surface area contributed by atoms with Crippen molar-refractivity contribution in [3.8, 4) is 11.8 Å². The predicted octanol–water partition coefficient (Wildman–Crippen LogP) is 1.05. The summed E-state index contributed by atoms with van der Waals surface area (Å²) in [4.78, 5) is 2.37. The molecule has 0 saturated carbocycles. The minimum Gasteiger partial charge on any atom is -0.495 e. The lowest BCUT2D eigenvalue weighted by Gasteiger charge is -2.42. The number of halogens is 1. The van der Waals surface area contributed by atoms with Crippen LogP contribution in [0.15, 0.2) is 12.1 Å². The Morgan fingerprint density at radius 3 is 3.14 bits per heavy atom. The molecule has 1 aromatic carbocycles. The number of ether oxygens (including phenoxy) is 2. The number of fused-ring (bicyclic) bond motifs is 1. The van der Waals surface area contributed by atoms with Gasteiger partial charge in [0.05, 0.1) is 19.8 Å². The van der Waals surface area contributed by atoms with Crippen molar-refractivity contribution in [1.29, 1.82) is 5.26 Å². The first-order valence-electron chi connectivity index (χ1n) is 7.07. The molecule has 0 spiro atoms. The average Bonchev–Trinajstić information content (AvgIpc) is 2.53. The summed E-state index contributed by atoms with van der Waals surface area (Å²) in [6.45, 7) is 4.23. The Labute approximate surface area is 123 Å². The van der Waals surface area contributed by atoms with Crippen LogP contribution in [0, 0.1) is 17.1 Å². The highest BCUT2D eigenvalue weighted by Crippen LogP contribution is 2.31. The molecule has 112 valence electrons. The summed E-state index contributed by atoms with van der Waals surface area (Å²) in [6, 6.07) is 5.31. The number of hydrogen-bond donors (Lipinski definition) is 1. The van der Waals surface area contributed by atoms with Crippen LogP contribution in [0.2, 0.25) is 0 Å². The van der Waals surface area contributed by atoms with Gasteiger partial charge < -0.3 is 14.8 Å². The molecule has 3 rings (SSSR count). The summed E-state index contributed by atoms with van der Waals surface area (Å²) in [5.74, 6) is -0.295. The van der Waals surface area contributed by atoms with Gasteiger partial charge in [-0.1, -0.05) is 0 Å². The molecule has 21 heavy (non-hydrogen) atoms. The summed E-state index contributed by atoms with van der Waals surface area (Å²) in [6.07, 6.45) is -0.185. The maximum absolute atomic E-state index is 14.0. The molecule has 2 heterocycles. The molecule has 0 aliphatic carbocycles. The lowest BCUT2D eigenvalue weighted by atomic mass is 10.0. The van der Waals surface area contributed by atoms with Crippen molar-refractivity contribution < 1.29 is 13.9 Å². The molecule has 5 nitrogen and oxygen atoms in total. The molecular formula is C15H18FN3O2. The van der Waals surface area contributed by atoms with E-state index in [1.165, 1.54) is 13.2 Å². The maximum atomic E-state index is 14.0. The topological polar surface area (TPSA) is 57.5 Å². The second-order valence-electron chi connectivity index (χ2n) is 5.37. The van der Waals surface area contributed by atoms with Crippen molar-refractivity contribution in [2.24, 2.45) is 0 Å². The normalized spacial score (nSPS) is 26.0. The first-order valence-corrected chi connectivity index (χ1v) is 7.07. The van der Waals surface area contributed by atoms with Crippen LogP contribution in [-0.4, -0.2) is 50.8 Å². The van der Waals surface area contributed by atoms with Crippen molar-refractivity contribution in [3.63, 3.8) is 0 Å². The highest BCUT2D eigenvalue weighted by molar-refractivity contribution is 5.47. The molecule has 0 unspecified atom stereocenters. The number of hydrogen-bond acceptors (Lipinski definition) is 5. The first kappa shape index (κ1) is 14.3. The van der Waals surface area contributed by atoms with Gasteiger partial charge in [0.25, 0.3) is 0 Å². The van der Waals surface area contributed by atoms with Crippen LogP contribution in [0.5, 0.6) is 5.75 Å². The quantitative estimate of drug-likeness (QED) is 0.882. The van der Waals surface area contributed by atoms with Gasteiger partial charge in [-0.2, -0.15) is 5.26 Å². The van der Waals surface area contributed by atoms with E-state index in [0.717, 1.165) is 31.7 Å². The number of nitrogens with zero attached hydrogens (tertiary/aromatic N) is 2. The average molecular weight is 291 g/mol. The fraction of sp³-hybridized carbons (Fsp3) is 0.533. The second-order valence-corrected chi connectivity index (χ2v) is 5.37. The molecule has 1 N–H and O–H groups in total. The van der Waals surface area contributed by atoms with Crippen LogP contribution in [0.4, 0.5) is 4.39 Å². The predicted molar refractivity (Wildman–Crippen MR) is 74.6 cm³/mol. The lowest BCUT2D eigenvalue weighted by molar-refractivity contribution is -0.0719. The van der Waals surface area contributed by atoms with Crippen molar-refractivity contribution in [3.05, 3.63) is 29.1 Å². The molecule has 2 saturated heterocycles. The van der Waals surface area contributed by atoms with E-state index in [4.69, 9.17) is 14.7 Å². The van der Waals surface area contributed by atoms with Gasteiger partial charge in [0, 0.05) is 32.2 Å². The van der Waals surface area contributed by atoms with Crippen molar-refractivity contribution in [2.45, 2.75) is 12.1 Å². The number of morpholine rings is 1. The van der Waals surface area contributed by atoms with E-state index in [0.29, 0.717) is 12.6 Å². The van der Waals surface area contributed by atoms with E-state index >= 15 is 0 Å². The summed E-state index contributed by atoms with van der Waals surface area (Å²) >= 11 is 0. The van der Waals surface area contributed by atoms with Gasteiger partial charge in [-0.15, -0.1) is 0 Å². The monoisotopic (exact) mass is 291 g/mol. The molecule has 2 fully saturated rings. The summed E-state index contributed by atoms with van der Waals surface area (Å²) < 4.78 is 25.0. The fourth-order valence-electron chi connectivity index (χ4n) is 2.96. The van der Waals surface area contributed by atoms with Crippen molar-refractivity contribution in [2.75, 3.05) is 39.9 Å². The number of methoxy groups -OCH3 is 1. The molecular weight excluding hydrogens is 273 g/mol. The van der Waals surface area contributed by atoms with E-state index in [1.54, 1.807) is 6.07 Å². The van der Waals surface area contributed by atoms with E-state index in [1.807, 2.05) is 6.07 Å². The summed E-state index contributed by atoms with van der Waals surface area (Å²) in [5, 5.41) is 12.3. The summed E-state index contributed by atoms with van der Waals surface area (Å²) in [5.41, 5.74) is 0.664. The van der Waals surface area contributed by atoms with Gasteiger partial charge in [0.15, 0.2) is 0 Å². The molecule has 2 aliphatic rings. The first-order chi connectivity index (χ1) is 10.2. The smallest absolute Gasteiger partial charge is 0.145 e. The van der Waals surface area contributed by atoms with Gasteiger partial charge in [-0.25, -0.2) is 4.39 Å². The van der Waals surface area contributed by atoms with E-state index in [-0.39, 0.29) is 17.4 Å². The largest absolute Gasteiger partial charge is 0.495 e. The molecule has 0 amide bonds. The molecule has 0 aromatic heterocycles. The van der Waals surface area contributed by atoms with E-state index < -0.39 is 5.82 Å². The van der Waals surface area contributed by atoms with Crippen molar-refractivity contribution in [1.82, 2.24) is 10.2 Å². The second kappa shape index (κ2) is 5.98. The van der Waals surface area contributed by atoms with Crippen LogP contribution >= 0.6 is 0 Å². The van der Waals surface area contributed by atoms with E-state index in [2.05, 4.69) is 10.2 Å².